The second-order valence-electron chi connectivity index (χ2n) is 5.32. The minimum absolute atomic E-state index is 0.0371. The zero-order valence-corrected chi connectivity index (χ0v) is 14.5. The lowest BCUT2D eigenvalue weighted by Crippen LogP contribution is -2.41. The van der Waals surface area contributed by atoms with Crippen LogP contribution >= 0.6 is 11.3 Å². The van der Waals surface area contributed by atoms with Crippen molar-refractivity contribution in [2.24, 2.45) is 0 Å². The van der Waals surface area contributed by atoms with E-state index < -0.39 is 10.0 Å². The Hall–Kier alpha value is -0.470. The molecule has 0 unspecified atom stereocenters. The van der Waals surface area contributed by atoms with Crippen molar-refractivity contribution in [3.05, 3.63) is 15.8 Å². The normalized spacial score (nSPS) is 17.5. The van der Waals surface area contributed by atoms with Gasteiger partial charge in [0.25, 0.3) is 0 Å². The topological polar surface area (TPSA) is 58.6 Å². The summed E-state index contributed by atoms with van der Waals surface area (Å²) in [6.45, 7) is 6.59. The number of thiophene rings is 1. The van der Waals surface area contributed by atoms with Gasteiger partial charge in [0.15, 0.2) is 0 Å². The summed E-state index contributed by atoms with van der Waals surface area (Å²) in [5, 5.41) is 5.14. The van der Waals surface area contributed by atoms with Crippen molar-refractivity contribution in [3.8, 4) is 0 Å². The van der Waals surface area contributed by atoms with E-state index in [1.807, 2.05) is 19.2 Å². The van der Waals surface area contributed by atoms with Gasteiger partial charge in [-0.25, -0.2) is 8.42 Å². The van der Waals surface area contributed by atoms with Gasteiger partial charge in [0, 0.05) is 37.7 Å². The Morgan fingerprint density at radius 1 is 1.43 bits per heavy atom. The van der Waals surface area contributed by atoms with Gasteiger partial charge < -0.3 is 10.1 Å². The summed E-state index contributed by atoms with van der Waals surface area (Å²) in [6.07, 6.45) is 1.53. The SMILES string of the molecule is CCNCc1scc(C)c1S(=O)(=O)N(C)C1CCOCC1. The van der Waals surface area contributed by atoms with Crippen LogP contribution in [-0.2, 0) is 21.3 Å². The molecule has 1 aromatic rings. The molecule has 7 heteroatoms. The van der Waals surface area contributed by atoms with E-state index in [2.05, 4.69) is 5.32 Å². The first-order valence-corrected chi connectivity index (χ1v) is 9.64. The van der Waals surface area contributed by atoms with Gasteiger partial charge in [-0.1, -0.05) is 6.92 Å². The van der Waals surface area contributed by atoms with Gasteiger partial charge in [-0.05, 0) is 37.3 Å². The van der Waals surface area contributed by atoms with E-state index in [0.29, 0.717) is 24.7 Å². The fourth-order valence-electron chi connectivity index (χ4n) is 2.58. The molecular formula is C14H24N2O3S2. The van der Waals surface area contributed by atoms with Crippen molar-refractivity contribution in [1.82, 2.24) is 9.62 Å². The van der Waals surface area contributed by atoms with E-state index >= 15 is 0 Å². The van der Waals surface area contributed by atoms with Gasteiger partial charge in [0.1, 0.15) is 4.90 Å². The molecule has 2 rings (SSSR count). The van der Waals surface area contributed by atoms with Gasteiger partial charge >= 0.3 is 0 Å². The van der Waals surface area contributed by atoms with Gasteiger partial charge in [-0.2, -0.15) is 4.31 Å². The number of aryl methyl sites for hydroxylation is 1. The Kier molecular flexibility index (Phi) is 5.79. The molecule has 0 amide bonds. The largest absolute Gasteiger partial charge is 0.381 e. The van der Waals surface area contributed by atoms with Crippen LogP contribution in [0.15, 0.2) is 10.3 Å². The molecule has 1 saturated heterocycles. The van der Waals surface area contributed by atoms with Crippen LogP contribution in [0.1, 0.15) is 30.2 Å². The van der Waals surface area contributed by atoms with E-state index in [-0.39, 0.29) is 6.04 Å². The van der Waals surface area contributed by atoms with Crippen LogP contribution in [0.2, 0.25) is 0 Å². The average Bonchev–Trinajstić information content (AvgIpc) is 2.86. The molecule has 0 radical (unpaired) electrons. The minimum atomic E-state index is -3.44. The van der Waals surface area contributed by atoms with E-state index in [1.54, 1.807) is 11.4 Å². The molecule has 0 aliphatic carbocycles. The summed E-state index contributed by atoms with van der Waals surface area (Å²) in [6, 6.07) is 0.0371. The molecule has 21 heavy (non-hydrogen) atoms. The molecule has 1 N–H and O–H groups in total. The van der Waals surface area contributed by atoms with Crippen LogP contribution in [0.25, 0.3) is 0 Å². The lowest BCUT2D eigenvalue weighted by Gasteiger charge is -2.30. The maximum Gasteiger partial charge on any atom is 0.244 e. The number of sulfonamides is 1. The fraction of sp³-hybridized carbons (Fsp3) is 0.714. The van der Waals surface area contributed by atoms with Gasteiger partial charge in [-0.3, -0.25) is 0 Å². The zero-order valence-electron chi connectivity index (χ0n) is 12.9. The number of hydrogen-bond acceptors (Lipinski definition) is 5. The molecule has 1 aliphatic heterocycles. The van der Waals surface area contributed by atoms with E-state index in [0.717, 1.165) is 29.8 Å². The van der Waals surface area contributed by atoms with Gasteiger partial charge in [0.05, 0.1) is 0 Å². The highest BCUT2D eigenvalue weighted by molar-refractivity contribution is 7.89. The van der Waals surface area contributed by atoms with E-state index in [1.165, 1.54) is 11.3 Å². The zero-order chi connectivity index (χ0) is 15.5. The van der Waals surface area contributed by atoms with Crippen molar-refractivity contribution in [2.45, 2.75) is 44.2 Å². The minimum Gasteiger partial charge on any atom is -0.381 e. The quantitative estimate of drug-likeness (QED) is 0.865. The third-order valence-electron chi connectivity index (χ3n) is 3.87. The molecule has 0 atom stereocenters. The fourth-order valence-corrected chi connectivity index (χ4v) is 5.73. The average molecular weight is 332 g/mol. The van der Waals surface area contributed by atoms with Crippen LogP contribution in [0, 0.1) is 6.92 Å². The Labute approximate surface area is 131 Å². The molecule has 1 aliphatic rings. The monoisotopic (exact) mass is 332 g/mol. The summed E-state index contributed by atoms with van der Waals surface area (Å²) in [5.74, 6) is 0. The molecular weight excluding hydrogens is 308 g/mol. The lowest BCUT2D eigenvalue weighted by atomic mass is 10.1. The number of hydrogen-bond donors (Lipinski definition) is 1. The molecule has 0 saturated carbocycles. The third-order valence-corrected chi connectivity index (χ3v) is 7.24. The Balaban J connectivity index is 2.27. The summed E-state index contributed by atoms with van der Waals surface area (Å²) in [5.41, 5.74) is 0.840. The van der Waals surface area contributed by atoms with Crippen LogP contribution in [0.4, 0.5) is 0 Å². The van der Waals surface area contributed by atoms with Gasteiger partial charge in [-0.15, -0.1) is 11.3 Å². The van der Waals surface area contributed by atoms with Crippen molar-refractivity contribution < 1.29 is 13.2 Å². The standard InChI is InChI=1S/C14H24N2O3S2/c1-4-15-9-13-14(11(2)10-20-13)21(17,18)16(3)12-5-7-19-8-6-12/h10,12,15H,4-9H2,1-3H3. The Morgan fingerprint density at radius 2 is 2.10 bits per heavy atom. The first-order valence-electron chi connectivity index (χ1n) is 7.32. The van der Waals surface area contributed by atoms with Crippen molar-refractivity contribution >= 4 is 21.4 Å². The predicted molar refractivity (Wildman–Crippen MR) is 85.2 cm³/mol. The summed E-state index contributed by atoms with van der Waals surface area (Å²) in [7, 11) is -1.74. The first kappa shape index (κ1) is 16.9. The van der Waals surface area contributed by atoms with Crippen LogP contribution < -0.4 is 5.32 Å². The first-order chi connectivity index (χ1) is 9.98. The molecule has 5 nitrogen and oxygen atoms in total. The van der Waals surface area contributed by atoms with Crippen molar-refractivity contribution in [1.29, 1.82) is 0 Å². The summed E-state index contributed by atoms with van der Waals surface area (Å²) in [4.78, 5) is 1.38. The Morgan fingerprint density at radius 3 is 2.71 bits per heavy atom. The summed E-state index contributed by atoms with van der Waals surface area (Å²) >= 11 is 1.51. The third kappa shape index (κ3) is 3.65. The van der Waals surface area contributed by atoms with Gasteiger partial charge in [0.2, 0.25) is 10.0 Å². The lowest BCUT2D eigenvalue weighted by molar-refractivity contribution is 0.0632. The number of rotatable bonds is 6. The number of ether oxygens (including phenoxy) is 1. The molecule has 0 bridgehead atoms. The van der Waals surface area contributed by atoms with Crippen LogP contribution in [0.5, 0.6) is 0 Å². The molecule has 1 fully saturated rings. The highest BCUT2D eigenvalue weighted by atomic mass is 32.2. The smallest absolute Gasteiger partial charge is 0.244 e. The molecule has 1 aromatic heterocycles. The van der Waals surface area contributed by atoms with Crippen molar-refractivity contribution in [2.75, 3.05) is 26.8 Å². The number of nitrogens with one attached hydrogen (secondary N) is 1. The molecule has 2 heterocycles. The maximum absolute atomic E-state index is 13.0. The van der Waals surface area contributed by atoms with Crippen molar-refractivity contribution in [3.63, 3.8) is 0 Å². The van der Waals surface area contributed by atoms with Crippen LogP contribution in [0.3, 0.4) is 0 Å². The second-order valence-corrected chi connectivity index (χ2v) is 8.21. The van der Waals surface area contributed by atoms with E-state index in [4.69, 9.17) is 4.74 Å². The second kappa shape index (κ2) is 7.19. The van der Waals surface area contributed by atoms with E-state index in [9.17, 15) is 8.42 Å². The molecule has 0 aromatic carbocycles. The van der Waals surface area contributed by atoms with Crippen LogP contribution in [-0.4, -0.2) is 45.6 Å². The maximum atomic E-state index is 13.0. The molecule has 0 spiro atoms. The number of nitrogens with zero attached hydrogens (tertiary/aromatic N) is 1. The molecule has 120 valence electrons. The predicted octanol–water partition coefficient (Wildman–Crippen LogP) is 1.97. The summed E-state index contributed by atoms with van der Waals surface area (Å²) < 4.78 is 32.8. The Bertz CT molecular complexity index is 563. The highest BCUT2D eigenvalue weighted by Gasteiger charge is 2.32. The highest BCUT2D eigenvalue weighted by Crippen LogP contribution is 2.31.